The van der Waals surface area contributed by atoms with Gasteiger partial charge in [0.1, 0.15) is 24.7 Å². The molecule has 2 aromatic carbocycles. The van der Waals surface area contributed by atoms with Gasteiger partial charge in [-0.2, -0.15) is 10.1 Å². The number of halogens is 1. The maximum Gasteiger partial charge on any atom is 0.338 e. The Morgan fingerprint density at radius 1 is 1.12 bits per heavy atom. The Morgan fingerprint density at radius 3 is 2.56 bits per heavy atom. The molecule has 1 atom stereocenters. The molecule has 0 radical (unpaired) electrons. The third-order valence-corrected chi connectivity index (χ3v) is 5.17. The lowest BCUT2D eigenvalue weighted by Crippen LogP contribution is -2.41. The molecule has 0 fully saturated rings. The SMILES string of the molecule is CCOC(=O)C1=C(C)N(CC(=O)Nc2ccccc2F)c2ncnn2[C@H]1c1ccccc1. The summed E-state index contributed by atoms with van der Waals surface area (Å²) in [5.74, 6) is -1.11. The number of esters is 1. The van der Waals surface area contributed by atoms with Crippen molar-refractivity contribution >= 4 is 23.5 Å². The number of nitrogens with one attached hydrogen (secondary N) is 1. The van der Waals surface area contributed by atoms with Gasteiger partial charge < -0.3 is 15.0 Å². The normalized spacial score (nSPS) is 15.3. The molecule has 9 heteroatoms. The van der Waals surface area contributed by atoms with E-state index in [1.807, 2.05) is 30.3 Å². The van der Waals surface area contributed by atoms with E-state index >= 15 is 0 Å². The van der Waals surface area contributed by atoms with E-state index in [4.69, 9.17) is 4.74 Å². The number of fused-ring (bicyclic) bond motifs is 1. The van der Waals surface area contributed by atoms with Gasteiger partial charge >= 0.3 is 5.97 Å². The van der Waals surface area contributed by atoms with Gasteiger partial charge in [0.05, 0.1) is 17.9 Å². The smallest absolute Gasteiger partial charge is 0.338 e. The molecule has 1 N–H and O–H groups in total. The summed E-state index contributed by atoms with van der Waals surface area (Å²) in [6.07, 6.45) is 1.37. The van der Waals surface area contributed by atoms with Crippen LogP contribution in [0.2, 0.25) is 0 Å². The lowest BCUT2D eigenvalue weighted by Gasteiger charge is -2.35. The van der Waals surface area contributed by atoms with E-state index in [2.05, 4.69) is 15.4 Å². The van der Waals surface area contributed by atoms with Crippen molar-refractivity contribution in [2.45, 2.75) is 19.9 Å². The molecule has 0 unspecified atom stereocenters. The first-order valence-corrected chi connectivity index (χ1v) is 10.2. The van der Waals surface area contributed by atoms with Crippen molar-refractivity contribution in [1.82, 2.24) is 14.8 Å². The maximum absolute atomic E-state index is 14.0. The van der Waals surface area contributed by atoms with Crippen molar-refractivity contribution in [1.29, 1.82) is 0 Å². The minimum atomic E-state index is -0.557. The molecule has 1 aliphatic heterocycles. The zero-order valence-electron chi connectivity index (χ0n) is 17.7. The fraction of sp³-hybridized carbons (Fsp3) is 0.217. The number of para-hydroxylation sites is 1. The Balaban J connectivity index is 1.73. The van der Waals surface area contributed by atoms with Gasteiger partial charge in [-0.15, -0.1) is 0 Å². The first-order chi connectivity index (χ1) is 15.5. The Kier molecular flexibility index (Phi) is 5.98. The van der Waals surface area contributed by atoms with E-state index in [1.54, 1.807) is 35.6 Å². The van der Waals surface area contributed by atoms with E-state index in [0.29, 0.717) is 17.2 Å². The van der Waals surface area contributed by atoms with Crippen LogP contribution in [0.25, 0.3) is 0 Å². The van der Waals surface area contributed by atoms with Crippen LogP contribution in [0.4, 0.5) is 16.0 Å². The quantitative estimate of drug-likeness (QED) is 0.598. The summed E-state index contributed by atoms with van der Waals surface area (Å²) in [6.45, 7) is 3.48. The summed E-state index contributed by atoms with van der Waals surface area (Å²) in [5, 5.41) is 6.89. The van der Waals surface area contributed by atoms with E-state index in [-0.39, 0.29) is 18.8 Å². The predicted octanol–water partition coefficient (Wildman–Crippen LogP) is 3.30. The minimum Gasteiger partial charge on any atom is -0.463 e. The number of nitrogens with zero attached hydrogens (tertiary/aromatic N) is 4. The predicted molar refractivity (Wildman–Crippen MR) is 116 cm³/mol. The third-order valence-electron chi connectivity index (χ3n) is 5.17. The second-order valence-corrected chi connectivity index (χ2v) is 7.15. The zero-order valence-corrected chi connectivity index (χ0v) is 17.7. The molecular formula is C23H22FN5O3. The van der Waals surface area contributed by atoms with Gasteiger partial charge in [-0.3, -0.25) is 4.79 Å². The van der Waals surface area contributed by atoms with Crippen LogP contribution in [0, 0.1) is 5.82 Å². The molecule has 0 saturated heterocycles. The van der Waals surface area contributed by atoms with E-state index < -0.39 is 23.7 Å². The van der Waals surface area contributed by atoms with Gasteiger partial charge in [-0.25, -0.2) is 13.9 Å². The molecule has 0 saturated carbocycles. The van der Waals surface area contributed by atoms with Gasteiger partial charge in [0.15, 0.2) is 0 Å². The van der Waals surface area contributed by atoms with Crippen molar-refractivity contribution in [3.8, 4) is 0 Å². The second kappa shape index (κ2) is 9.01. The number of amides is 1. The molecule has 164 valence electrons. The van der Waals surface area contributed by atoms with Gasteiger partial charge in [-0.05, 0) is 31.5 Å². The van der Waals surface area contributed by atoms with Crippen molar-refractivity contribution in [3.63, 3.8) is 0 Å². The molecule has 2 heterocycles. The Hall–Kier alpha value is -4.01. The van der Waals surface area contributed by atoms with Gasteiger partial charge in [0, 0.05) is 5.70 Å². The van der Waals surface area contributed by atoms with Crippen molar-refractivity contribution < 1.29 is 18.7 Å². The van der Waals surface area contributed by atoms with Crippen LogP contribution in [0.3, 0.4) is 0 Å². The molecule has 1 aliphatic rings. The van der Waals surface area contributed by atoms with E-state index in [9.17, 15) is 14.0 Å². The summed E-state index contributed by atoms with van der Waals surface area (Å²) in [7, 11) is 0. The van der Waals surface area contributed by atoms with Crippen LogP contribution in [0.15, 0.2) is 72.2 Å². The minimum absolute atomic E-state index is 0.0744. The lowest BCUT2D eigenvalue weighted by molar-refractivity contribution is -0.139. The summed E-state index contributed by atoms with van der Waals surface area (Å²) < 4.78 is 20.9. The number of carbonyl (C=O) groups is 2. The molecular weight excluding hydrogens is 413 g/mol. The van der Waals surface area contributed by atoms with Crippen LogP contribution in [0.1, 0.15) is 25.5 Å². The fourth-order valence-electron chi connectivity index (χ4n) is 3.73. The average molecular weight is 435 g/mol. The van der Waals surface area contributed by atoms with E-state index in [0.717, 1.165) is 5.56 Å². The van der Waals surface area contributed by atoms with Crippen LogP contribution < -0.4 is 10.2 Å². The monoisotopic (exact) mass is 435 g/mol. The van der Waals surface area contributed by atoms with Crippen LogP contribution in [-0.4, -0.2) is 39.8 Å². The number of carbonyl (C=O) groups excluding carboxylic acids is 2. The molecule has 4 rings (SSSR count). The average Bonchev–Trinajstić information content (AvgIpc) is 3.27. The highest BCUT2D eigenvalue weighted by molar-refractivity contribution is 5.96. The summed E-state index contributed by atoms with van der Waals surface area (Å²) in [4.78, 5) is 31.6. The third kappa shape index (κ3) is 3.96. The number of benzene rings is 2. The molecule has 3 aromatic rings. The number of hydrogen-bond donors (Lipinski definition) is 1. The van der Waals surface area contributed by atoms with Crippen molar-refractivity contribution in [2.75, 3.05) is 23.4 Å². The Bertz CT molecular complexity index is 1180. The van der Waals surface area contributed by atoms with Crippen LogP contribution >= 0.6 is 0 Å². The summed E-state index contributed by atoms with van der Waals surface area (Å²) >= 11 is 0. The standard InChI is InChI=1S/C23H22FN5O3/c1-3-32-22(31)20-15(2)28(13-19(30)27-18-12-8-7-11-17(18)24)23-25-14-26-29(23)21(20)16-9-5-4-6-10-16/h4-12,14,21H,3,13H2,1-2H3,(H,27,30)/t21-/m0/s1. The highest BCUT2D eigenvalue weighted by Crippen LogP contribution is 2.38. The summed E-state index contributed by atoms with van der Waals surface area (Å²) in [5.41, 5.74) is 1.78. The molecule has 0 spiro atoms. The fourth-order valence-corrected chi connectivity index (χ4v) is 3.73. The maximum atomic E-state index is 14.0. The van der Waals surface area contributed by atoms with Crippen LogP contribution in [0.5, 0.6) is 0 Å². The first-order valence-electron chi connectivity index (χ1n) is 10.2. The second-order valence-electron chi connectivity index (χ2n) is 7.15. The number of anilines is 2. The lowest BCUT2D eigenvalue weighted by atomic mass is 9.95. The first kappa shape index (κ1) is 21.2. The number of allylic oxidation sites excluding steroid dienone is 1. The van der Waals surface area contributed by atoms with Gasteiger partial charge in [0.2, 0.25) is 11.9 Å². The van der Waals surface area contributed by atoms with Gasteiger partial charge in [-0.1, -0.05) is 42.5 Å². The molecule has 8 nitrogen and oxygen atoms in total. The molecule has 1 aromatic heterocycles. The van der Waals surface area contributed by atoms with Crippen molar-refractivity contribution in [3.05, 3.63) is 83.6 Å². The highest BCUT2D eigenvalue weighted by Gasteiger charge is 2.38. The largest absolute Gasteiger partial charge is 0.463 e. The molecule has 0 aliphatic carbocycles. The number of aromatic nitrogens is 3. The molecule has 32 heavy (non-hydrogen) atoms. The molecule has 1 amide bonds. The Morgan fingerprint density at radius 2 is 1.84 bits per heavy atom. The molecule has 0 bridgehead atoms. The number of hydrogen-bond acceptors (Lipinski definition) is 6. The number of ether oxygens (including phenoxy) is 1. The zero-order chi connectivity index (χ0) is 22.7. The Labute approximate surface area is 184 Å². The highest BCUT2D eigenvalue weighted by atomic mass is 19.1. The topological polar surface area (TPSA) is 89.3 Å². The van der Waals surface area contributed by atoms with Gasteiger partial charge in [0.25, 0.3) is 0 Å². The van der Waals surface area contributed by atoms with Crippen LogP contribution in [-0.2, 0) is 14.3 Å². The van der Waals surface area contributed by atoms with E-state index in [1.165, 1.54) is 18.5 Å². The summed E-state index contributed by atoms with van der Waals surface area (Å²) in [6, 6.07) is 14.8. The number of rotatable bonds is 6. The van der Waals surface area contributed by atoms with Crippen molar-refractivity contribution in [2.24, 2.45) is 0 Å².